The molecular formula is C21H25NO5S. The summed E-state index contributed by atoms with van der Waals surface area (Å²) in [6.45, 7) is 2.32. The van der Waals surface area contributed by atoms with E-state index in [0.717, 1.165) is 42.5 Å². The summed E-state index contributed by atoms with van der Waals surface area (Å²) in [5, 5.41) is 3.47. The van der Waals surface area contributed by atoms with E-state index in [-0.39, 0.29) is 11.9 Å². The van der Waals surface area contributed by atoms with Gasteiger partial charge in [0.05, 0.1) is 26.4 Å². The highest BCUT2D eigenvalue weighted by atomic mass is 32.1. The lowest BCUT2D eigenvalue weighted by atomic mass is 9.95. The molecule has 2 aromatic rings. The van der Waals surface area contributed by atoms with Crippen LogP contribution in [0.15, 0.2) is 18.2 Å². The SMILES string of the molecule is CCCOC(=O)c1c(NC(=O)c2cc(OC)cc(OC)c2)sc2c1CCCC2. The maximum absolute atomic E-state index is 12.9. The van der Waals surface area contributed by atoms with Gasteiger partial charge in [0.15, 0.2) is 0 Å². The van der Waals surface area contributed by atoms with Gasteiger partial charge in [-0.3, -0.25) is 4.79 Å². The molecule has 1 aromatic carbocycles. The Bertz CT molecular complexity index is 852. The van der Waals surface area contributed by atoms with Gasteiger partial charge in [0, 0.05) is 16.5 Å². The van der Waals surface area contributed by atoms with E-state index in [9.17, 15) is 9.59 Å². The number of esters is 1. The summed E-state index contributed by atoms with van der Waals surface area (Å²) in [7, 11) is 3.07. The van der Waals surface area contributed by atoms with Crippen molar-refractivity contribution in [2.75, 3.05) is 26.1 Å². The predicted octanol–water partition coefficient (Wildman–Crippen LogP) is 4.46. The fraction of sp³-hybridized carbons (Fsp3) is 0.429. The third-order valence-electron chi connectivity index (χ3n) is 4.65. The Kier molecular flexibility index (Phi) is 6.57. The van der Waals surface area contributed by atoms with Crippen molar-refractivity contribution in [1.29, 1.82) is 0 Å². The number of fused-ring (bicyclic) bond motifs is 1. The normalized spacial score (nSPS) is 12.8. The van der Waals surface area contributed by atoms with Gasteiger partial charge in [-0.1, -0.05) is 6.92 Å². The Morgan fingerprint density at radius 3 is 2.39 bits per heavy atom. The van der Waals surface area contributed by atoms with E-state index in [4.69, 9.17) is 14.2 Å². The summed E-state index contributed by atoms with van der Waals surface area (Å²) >= 11 is 1.47. The second-order valence-corrected chi connectivity index (χ2v) is 7.71. The molecule has 0 unspecified atom stereocenters. The number of hydrogen-bond acceptors (Lipinski definition) is 6. The highest BCUT2D eigenvalue weighted by molar-refractivity contribution is 7.17. The van der Waals surface area contributed by atoms with Gasteiger partial charge in [-0.2, -0.15) is 0 Å². The molecule has 1 aliphatic carbocycles. The lowest BCUT2D eigenvalue weighted by Gasteiger charge is -2.13. The van der Waals surface area contributed by atoms with Crippen molar-refractivity contribution in [3.63, 3.8) is 0 Å². The molecule has 7 heteroatoms. The number of thiophene rings is 1. The van der Waals surface area contributed by atoms with Crippen LogP contribution in [0.2, 0.25) is 0 Å². The molecule has 1 amide bonds. The summed E-state index contributed by atoms with van der Waals surface area (Å²) in [5.41, 5.74) is 1.93. The molecule has 0 radical (unpaired) electrons. The lowest BCUT2D eigenvalue weighted by molar-refractivity contribution is 0.0505. The Morgan fingerprint density at radius 1 is 1.07 bits per heavy atom. The fourth-order valence-electron chi connectivity index (χ4n) is 3.25. The second-order valence-electron chi connectivity index (χ2n) is 6.61. The minimum Gasteiger partial charge on any atom is -0.497 e. The molecule has 0 saturated heterocycles. The second kappa shape index (κ2) is 9.10. The number of hydrogen-bond donors (Lipinski definition) is 1. The molecule has 3 rings (SSSR count). The molecule has 0 spiro atoms. The zero-order chi connectivity index (χ0) is 20.1. The van der Waals surface area contributed by atoms with Crippen LogP contribution in [0.25, 0.3) is 0 Å². The van der Waals surface area contributed by atoms with Crippen LogP contribution in [0.1, 0.15) is 57.3 Å². The van der Waals surface area contributed by atoms with Crippen LogP contribution in [-0.4, -0.2) is 32.7 Å². The van der Waals surface area contributed by atoms with E-state index in [0.29, 0.717) is 34.2 Å². The first-order valence-corrected chi connectivity index (χ1v) is 10.2. The first kappa shape index (κ1) is 20.2. The third-order valence-corrected chi connectivity index (χ3v) is 5.86. The average Bonchev–Trinajstić information content (AvgIpc) is 3.09. The van der Waals surface area contributed by atoms with Gasteiger partial charge in [-0.15, -0.1) is 11.3 Å². The first-order valence-electron chi connectivity index (χ1n) is 9.43. The number of rotatable bonds is 7. The number of ether oxygens (including phenoxy) is 3. The number of amides is 1. The van der Waals surface area contributed by atoms with Crippen LogP contribution >= 0.6 is 11.3 Å². The van der Waals surface area contributed by atoms with Crippen LogP contribution in [-0.2, 0) is 17.6 Å². The van der Waals surface area contributed by atoms with E-state index in [1.54, 1.807) is 18.2 Å². The topological polar surface area (TPSA) is 73.9 Å². The Balaban J connectivity index is 1.92. The highest BCUT2D eigenvalue weighted by Gasteiger charge is 2.27. The fourth-order valence-corrected chi connectivity index (χ4v) is 4.52. The number of benzene rings is 1. The van der Waals surface area contributed by atoms with E-state index < -0.39 is 0 Å². The number of aryl methyl sites for hydroxylation is 1. The lowest BCUT2D eigenvalue weighted by Crippen LogP contribution is -2.16. The van der Waals surface area contributed by atoms with Gasteiger partial charge in [0.1, 0.15) is 16.5 Å². The zero-order valence-corrected chi connectivity index (χ0v) is 17.2. The van der Waals surface area contributed by atoms with Crippen molar-refractivity contribution < 1.29 is 23.8 Å². The maximum atomic E-state index is 12.9. The Hall–Kier alpha value is -2.54. The van der Waals surface area contributed by atoms with Crippen molar-refractivity contribution in [3.05, 3.63) is 39.8 Å². The van der Waals surface area contributed by atoms with E-state index in [2.05, 4.69) is 5.32 Å². The van der Waals surface area contributed by atoms with Gasteiger partial charge in [0.2, 0.25) is 0 Å². The van der Waals surface area contributed by atoms with Crippen molar-refractivity contribution >= 4 is 28.2 Å². The number of nitrogens with one attached hydrogen (secondary N) is 1. The maximum Gasteiger partial charge on any atom is 0.341 e. The molecule has 6 nitrogen and oxygen atoms in total. The summed E-state index contributed by atoms with van der Waals surface area (Å²) in [4.78, 5) is 26.7. The molecule has 0 atom stereocenters. The van der Waals surface area contributed by atoms with Crippen LogP contribution in [0.5, 0.6) is 11.5 Å². The van der Waals surface area contributed by atoms with Crippen molar-refractivity contribution in [2.45, 2.75) is 39.0 Å². The smallest absolute Gasteiger partial charge is 0.341 e. The molecule has 1 heterocycles. The molecule has 0 saturated carbocycles. The molecule has 1 aliphatic rings. The van der Waals surface area contributed by atoms with E-state index >= 15 is 0 Å². The standard InChI is InChI=1S/C21H25NO5S/c1-4-9-27-21(24)18-16-7-5-6-8-17(16)28-20(18)22-19(23)13-10-14(25-2)12-15(11-13)26-3/h10-12H,4-9H2,1-3H3,(H,22,23). The molecule has 0 bridgehead atoms. The number of carbonyl (C=O) groups is 2. The zero-order valence-electron chi connectivity index (χ0n) is 16.4. The predicted molar refractivity (Wildman–Crippen MR) is 109 cm³/mol. The van der Waals surface area contributed by atoms with Gasteiger partial charge in [0.25, 0.3) is 5.91 Å². The number of carbonyl (C=O) groups excluding carboxylic acids is 2. The molecular weight excluding hydrogens is 378 g/mol. The Morgan fingerprint density at radius 2 is 1.75 bits per heavy atom. The number of methoxy groups -OCH3 is 2. The van der Waals surface area contributed by atoms with Gasteiger partial charge in [-0.05, 0) is 49.8 Å². The van der Waals surface area contributed by atoms with Gasteiger partial charge >= 0.3 is 5.97 Å². The van der Waals surface area contributed by atoms with Crippen LogP contribution < -0.4 is 14.8 Å². The van der Waals surface area contributed by atoms with Crippen LogP contribution in [0.4, 0.5) is 5.00 Å². The van der Waals surface area contributed by atoms with Crippen molar-refractivity contribution in [2.24, 2.45) is 0 Å². The summed E-state index contributed by atoms with van der Waals surface area (Å²) in [6, 6.07) is 4.98. The summed E-state index contributed by atoms with van der Waals surface area (Å²) in [5.74, 6) is 0.371. The summed E-state index contributed by atoms with van der Waals surface area (Å²) in [6.07, 6.45) is 4.65. The molecule has 28 heavy (non-hydrogen) atoms. The quantitative estimate of drug-likeness (QED) is 0.691. The minimum absolute atomic E-state index is 0.319. The van der Waals surface area contributed by atoms with E-state index in [1.165, 1.54) is 25.6 Å². The molecule has 0 aliphatic heterocycles. The minimum atomic E-state index is -0.361. The molecule has 1 aromatic heterocycles. The van der Waals surface area contributed by atoms with E-state index in [1.807, 2.05) is 6.92 Å². The third kappa shape index (κ3) is 4.30. The molecule has 0 fully saturated rings. The highest BCUT2D eigenvalue weighted by Crippen LogP contribution is 2.39. The largest absolute Gasteiger partial charge is 0.497 e. The first-order chi connectivity index (χ1) is 13.6. The number of anilines is 1. The average molecular weight is 404 g/mol. The van der Waals surface area contributed by atoms with Crippen molar-refractivity contribution in [3.8, 4) is 11.5 Å². The van der Waals surface area contributed by atoms with Crippen LogP contribution in [0, 0.1) is 0 Å². The summed E-state index contributed by atoms with van der Waals surface area (Å²) < 4.78 is 15.9. The molecule has 150 valence electrons. The molecule has 1 N–H and O–H groups in total. The van der Waals surface area contributed by atoms with Crippen LogP contribution in [0.3, 0.4) is 0 Å². The van der Waals surface area contributed by atoms with Gasteiger partial charge in [-0.25, -0.2) is 4.79 Å². The Labute approximate surface area is 168 Å². The van der Waals surface area contributed by atoms with Crippen molar-refractivity contribution in [1.82, 2.24) is 0 Å². The van der Waals surface area contributed by atoms with Gasteiger partial charge < -0.3 is 19.5 Å². The monoisotopic (exact) mass is 403 g/mol.